The first kappa shape index (κ1) is 22.7. The van der Waals surface area contributed by atoms with Crippen LogP contribution in [0.4, 0.5) is 0 Å². The van der Waals surface area contributed by atoms with Crippen LogP contribution >= 0.6 is 24.0 Å². The summed E-state index contributed by atoms with van der Waals surface area (Å²) >= 11 is 0. The molecule has 4 heterocycles. The minimum Gasteiger partial charge on any atom is -0.379 e. The summed E-state index contributed by atoms with van der Waals surface area (Å²) in [6.07, 6.45) is 0. The molecule has 0 radical (unpaired) electrons. The van der Waals surface area contributed by atoms with Crippen molar-refractivity contribution in [3.63, 3.8) is 0 Å². The van der Waals surface area contributed by atoms with Gasteiger partial charge in [0.25, 0.3) is 0 Å². The van der Waals surface area contributed by atoms with Gasteiger partial charge in [-0.2, -0.15) is 0 Å². The molecule has 7 nitrogen and oxygen atoms in total. The Morgan fingerprint density at radius 1 is 1.03 bits per heavy atom. The van der Waals surface area contributed by atoms with Gasteiger partial charge in [0.2, 0.25) is 0 Å². The Morgan fingerprint density at radius 3 is 2.41 bits per heavy atom. The molecule has 1 aromatic rings. The van der Waals surface area contributed by atoms with Gasteiger partial charge in [0.15, 0.2) is 5.96 Å². The first-order valence-electron chi connectivity index (χ1n) is 10.6. The molecule has 162 valence electrons. The fraction of sp³-hybridized carbons (Fsp3) is 0.667. The molecule has 29 heavy (non-hydrogen) atoms. The number of aliphatic imine (C=N–C) groups is 1. The van der Waals surface area contributed by atoms with Crippen molar-refractivity contribution in [2.45, 2.75) is 19.1 Å². The van der Waals surface area contributed by atoms with E-state index < -0.39 is 0 Å². The van der Waals surface area contributed by atoms with Gasteiger partial charge in [0.1, 0.15) is 0 Å². The number of piperazine rings is 3. The van der Waals surface area contributed by atoms with Crippen LogP contribution in [0.3, 0.4) is 0 Å². The average Bonchev–Trinajstić information content (AvgIpc) is 2.76. The van der Waals surface area contributed by atoms with Crippen molar-refractivity contribution in [2.24, 2.45) is 4.99 Å². The molecule has 1 unspecified atom stereocenters. The van der Waals surface area contributed by atoms with Crippen LogP contribution in [0.1, 0.15) is 11.1 Å². The Kier molecular flexibility index (Phi) is 8.98. The summed E-state index contributed by atoms with van der Waals surface area (Å²) in [7, 11) is 1.85. The molecule has 1 atom stereocenters. The molecule has 0 amide bonds. The number of hydrogen-bond donors (Lipinski definition) is 2. The van der Waals surface area contributed by atoms with Crippen LogP contribution in [0.2, 0.25) is 0 Å². The smallest absolute Gasteiger partial charge is 0.191 e. The normalized spacial score (nSPS) is 27.3. The number of nitrogens with zero attached hydrogens (tertiary/aromatic N) is 4. The number of guanidine groups is 1. The maximum Gasteiger partial charge on any atom is 0.191 e. The zero-order chi connectivity index (χ0) is 19.2. The van der Waals surface area contributed by atoms with Crippen molar-refractivity contribution in [3.8, 4) is 0 Å². The van der Waals surface area contributed by atoms with Crippen LogP contribution in [-0.4, -0.2) is 99.3 Å². The number of benzene rings is 1. The highest BCUT2D eigenvalue weighted by atomic mass is 127. The van der Waals surface area contributed by atoms with Gasteiger partial charge in [0, 0.05) is 78.5 Å². The molecule has 0 aliphatic carbocycles. The van der Waals surface area contributed by atoms with Gasteiger partial charge >= 0.3 is 0 Å². The zero-order valence-corrected chi connectivity index (χ0v) is 19.8. The van der Waals surface area contributed by atoms with Gasteiger partial charge in [-0.15, -0.1) is 24.0 Å². The molecule has 5 rings (SSSR count). The van der Waals surface area contributed by atoms with E-state index in [9.17, 15) is 0 Å². The van der Waals surface area contributed by atoms with Crippen LogP contribution in [-0.2, 0) is 17.8 Å². The van der Waals surface area contributed by atoms with Gasteiger partial charge in [-0.3, -0.25) is 19.7 Å². The van der Waals surface area contributed by atoms with E-state index in [2.05, 4.69) is 54.6 Å². The molecule has 8 heteroatoms. The molecule has 2 bridgehead atoms. The standard InChI is InChI=1S/C21H34N6O.HI/c1-22-21(24-15-20-17-25-6-8-27(20)9-7-25)23-14-18-4-2-3-5-19(18)16-26-10-12-28-13-11-26;/h2-5,20H,6-17H2,1H3,(H2,22,23,24);1H. The Labute approximate surface area is 191 Å². The van der Waals surface area contributed by atoms with Crippen LogP contribution < -0.4 is 10.6 Å². The highest BCUT2D eigenvalue weighted by Gasteiger charge is 2.31. The fourth-order valence-electron chi connectivity index (χ4n) is 4.42. The highest BCUT2D eigenvalue weighted by Crippen LogP contribution is 2.15. The SMILES string of the molecule is CN=C(NCc1ccccc1CN1CCOCC1)NCC1CN2CCN1CC2.I. The van der Waals surface area contributed by atoms with Crippen molar-refractivity contribution in [2.75, 3.05) is 72.6 Å². The molecular weight excluding hydrogens is 479 g/mol. The van der Waals surface area contributed by atoms with Crippen LogP contribution in [0.5, 0.6) is 0 Å². The van der Waals surface area contributed by atoms with E-state index in [1.165, 1.54) is 43.9 Å². The maximum absolute atomic E-state index is 5.47. The summed E-state index contributed by atoms with van der Waals surface area (Å²) in [5.41, 5.74) is 2.72. The third-order valence-corrected chi connectivity index (χ3v) is 6.18. The summed E-state index contributed by atoms with van der Waals surface area (Å²) in [4.78, 5) is 12.1. The third kappa shape index (κ3) is 6.27. The second kappa shape index (κ2) is 11.5. The summed E-state index contributed by atoms with van der Waals surface area (Å²) in [6.45, 7) is 12.5. The Hall–Kier alpha value is -0.940. The van der Waals surface area contributed by atoms with Crippen molar-refractivity contribution in [3.05, 3.63) is 35.4 Å². The molecule has 4 aliphatic heterocycles. The summed E-state index contributed by atoms with van der Waals surface area (Å²) in [5.74, 6) is 0.888. The second-order valence-electron chi connectivity index (χ2n) is 7.95. The number of morpholine rings is 1. The van der Waals surface area contributed by atoms with Gasteiger partial charge in [-0.25, -0.2) is 0 Å². The average molecular weight is 514 g/mol. The van der Waals surface area contributed by atoms with E-state index in [1.54, 1.807) is 0 Å². The lowest BCUT2D eigenvalue weighted by Crippen LogP contribution is -2.63. The van der Waals surface area contributed by atoms with Crippen LogP contribution in [0.15, 0.2) is 29.3 Å². The molecule has 4 fully saturated rings. The predicted octanol–water partition coefficient (Wildman–Crippen LogP) is 0.802. The zero-order valence-electron chi connectivity index (χ0n) is 17.5. The van der Waals surface area contributed by atoms with E-state index in [-0.39, 0.29) is 24.0 Å². The summed E-state index contributed by atoms with van der Waals surface area (Å²) in [5, 5.41) is 7.05. The van der Waals surface area contributed by atoms with Gasteiger partial charge < -0.3 is 15.4 Å². The Bertz CT molecular complexity index is 658. The summed E-state index contributed by atoms with van der Waals surface area (Å²) < 4.78 is 5.47. The molecule has 0 saturated carbocycles. The summed E-state index contributed by atoms with van der Waals surface area (Å²) in [6, 6.07) is 9.30. The molecule has 0 aromatic heterocycles. The topological polar surface area (TPSA) is 55.4 Å². The lowest BCUT2D eigenvalue weighted by molar-refractivity contribution is 0.0154. The first-order chi connectivity index (χ1) is 13.8. The van der Waals surface area contributed by atoms with E-state index in [1.807, 2.05) is 7.05 Å². The number of rotatable bonds is 6. The largest absolute Gasteiger partial charge is 0.379 e. The number of nitrogens with one attached hydrogen (secondary N) is 2. The van der Waals surface area contributed by atoms with Crippen LogP contribution in [0, 0.1) is 0 Å². The molecular formula is C21H35IN6O. The minimum atomic E-state index is 0. The molecule has 0 spiro atoms. The van der Waals surface area contributed by atoms with Crippen molar-refractivity contribution >= 4 is 29.9 Å². The fourth-order valence-corrected chi connectivity index (χ4v) is 4.42. The first-order valence-corrected chi connectivity index (χ1v) is 10.6. The maximum atomic E-state index is 5.47. The third-order valence-electron chi connectivity index (χ3n) is 6.18. The highest BCUT2D eigenvalue weighted by molar-refractivity contribution is 14.0. The van der Waals surface area contributed by atoms with Gasteiger partial charge in [-0.05, 0) is 11.1 Å². The van der Waals surface area contributed by atoms with Crippen molar-refractivity contribution in [1.82, 2.24) is 25.3 Å². The molecule has 2 N–H and O–H groups in total. The number of halogens is 1. The lowest BCUT2D eigenvalue weighted by atomic mass is 10.1. The van der Waals surface area contributed by atoms with Gasteiger partial charge in [0.05, 0.1) is 13.2 Å². The number of fused-ring (bicyclic) bond motifs is 3. The van der Waals surface area contributed by atoms with E-state index >= 15 is 0 Å². The molecule has 4 aliphatic rings. The van der Waals surface area contributed by atoms with E-state index in [0.29, 0.717) is 6.04 Å². The Morgan fingerprint density at radius 2 is 1.76 bits per heavy atom. The monoisotopic (exact) mass is 514 g/mol. The Balaban J connectivity index is 0.00000240. The second-order valence-corrected chi connectivity index (χ2v) is 7.95. The van der Waals surface area contributed by atoms with Crippen molar-refractivity contribution in [1.29, 1.82) is 0 Å². The van der Waals surface area contributed by atoms with Gasteiger partial charge in [-0.1, -0.05) is 24.3 Å². The van der Waals surface area contributed by atoms with Crippen LogP contribution in [0.25, 0.3) is 0 Å². The molecule has 4 saturated heterocycles. The minimum absolute atomic E-state index is 0. The number of ether oxygens (including phenoxy) is 1. The van der Waals surface area contributed by atoms with E-state index in [0.717, 1.165) is 51.9 Å². The van der Waals surface area contributed by atoms with E-state index in [4.69, 9.17) is 4.74 Å². The number of hydrogen-bond acceptors (Lipinski definition) is 5. The lowest BCUT2D eigenvalue weighted by Gasteiger charge is -2.47. The quantitative estimate of drug-likeness (QED) is 0.333. The molecule has 1 aromatic carbocycles. The predicted molar refractivity (Wildman–Crippen MR) is 128 cm³/mol. The van der Waals surface area contributed by atoms with Crippen molar-refractivity contribution < 1.29 is 4.74 Å².